The van der Waals surface area contributed by atoms with Crippen molar-refractivity contribution in [3.8, 4) is 28.1 Å². The molecule has 11 aromatic rings. The fourth-order valence-electron chi connectivity index (χ4n) is 10.0. The molecule has 59 heavy (non-hydrogen) atoms. The van der Waals surface area contributed by atoms with Gasteiger partial charge in [-0.2, -0.15) is 0 Å². The maximum absolute atomic E-state index is 5.41. The molecule has 1 aliphatic rings. The number of hydrogen-bond acceptors (Lipinski definition) is 2. The van der Waals surface area contributed by atoms with Crippen LogP contribution < -0.4 is 4.90 Å². The zero-order valence-electron chi connectivity index (χ0n) is 32.9. The van der Waals surface area contributed by atoms with Crippen molar-refractivity contribution in [3.63, 3.8) is 0 Å². The Bertz CT molecular complexity index is 3460. The molecule has 2 aromatic heterocycles. The monoisotopic (exact) mass is 753 g/mol. The van der Waals surface area contributed by atoms with Gasteiger partial charge in [0.25, 0.3) is 0 Å². The fourth-order valence-corrected chi connectivity index (χ4v) is 10.0. The summed E-state index contributed by atoms with van der Waals surface area (Å²) in [5, 5.41) is 8.45. The normalized spacial score (nSPS) is 13.1. The van der Waals surface area contributed by atoms with Crippen LogP contribution in [-0.4, -0.2) is 9.55 Å². The molecule has 2 heterocycles. The van der Waals surface area contributed by atoms with Crippen molar-refractivity contribution in [3.05, 3.63) is 211 Å². The Balaban J connectivity index is 1.06. The quantitative estimate of drug-likeness (QED) is 0.163. The van der Waals surface area contributed by atoms with E-state index in [0.29, 0.717) is 0 Å². The predicted octanol–water partition coefficient (Wildman–Crippen LogP) is 15.1. The summed E-state index contributed by atoms with van der Waals surface area (Å²) >= 11 is 0. The smallest absolute Gasteiger partial charge is 0.0788 e. The van der Waals surface area contributed by atoms with Crippen molar-refractivity contribution in [1.82, 2.24) is 9.55 Å². The van der Waals surface area contributed by atoms with Crippen molar-refractivity contribution in [2.45, 2.75) is 19.3 Å². The molecule has 0 spiro atoms. The number of fused-ring (bicyclic) bond motifs is 11. The summed E-state index contributed by atoms with van der Waals surface area (Å²) in [6.07, 6.45) is 0. The molecule has 0 radical (unpaired) electrons. The summed E-state index contributed by atoms with van der Waals surface area (Å²) in [5.74, 6) is 0. The van der Waals surface area contributed by atoms with E-state index in [-0.39, 0.29) is 5.41 Å². The number of benzene rings is 9. The van der Waals surface area contributed by atoms with Crippen LogP contribution in [0.4, 0.5) is 17.1 Å². The van der Waals surface area contributed by atoms with Crippen molar-refractivity contribution < 1.29 is 0 Å². The van der Waals surface area contributed by atoms with Gasteiger partial charge in [0, 0.05) is 60.4 Å². The first-order chi connectivity index (χ1) is 29.0. The molecule has 0 saturated carbocycles. The highest BCUT2D eigenvalue weighted by Gasteiger charge is 2.36. The maximum Gasteiger partial charge on any atom is 0.0788 e. The van der Waals surface area contributed by atoms with Gasteiger partial charge in [-0.25, -0.2) is 4.98 Å². The second-order valence-electron chi connectivity index (χ2n) is 16.3. The highest BCUT2D eigenvalue weighted by molar-refractivity contribution is 6.29. The number of hydrogen-bond donors (Lipinski definition) is 0. The second-order valence-corrected chi connectivity index (χ2v) is 16.3. The first kappa shape index (κ1) is 33.6. The number of aromatic nitrogens is 2. The van der Waals surface area contributed by atoms with Crippen molar-refractivity contribution >= 4 is 71.3 Å². The predicted molar refractivity (Wildman–Crippen MR) is 249 cm³/mol. The number of para-hydroxylation sites is 3. The third kappa shape index (κ3) is 4.98. The van der Waals surface area contributed by atoms with Gasteiger partial charge >= 0.3 is 0 Å². The zero-order chi connectivity index (χ0) is 39.2. The van der Waals surface area contributed by atoms with Crippen LogP contribution in [0, 0.1) is 0 Å². The zero-order valence-corrected chi connectivity index (χ0v) is 32.9. The van der Waals surface area contributed by atoms with Gasteiger partial charge in [-0.15, -0.1) is 0 Å². The third-order valence-corrected chi connectivity index (χ3v) is 12.7. The SMILES string of the molecule is CC1(C)c2ccccc2-c2ccc(N(c3ccc(-c4nc5ccccc5c5c4ccc4c5c5ccccc5n4-c4ccccc4)cc3)c3cccc4ccccc34)cc21. The molecule has 0 N–H and O–H groups in total. The van der Waals surface area contributed by atoms with Crippen LogP contribution in [0.25, 0.3) is 82.3 Å². The van der Waals surface area contributed by atoms with Crippen LogP contribution in [0.15, 0.2) is 200 Å². The van der Waals surface area contributed by atoms with Crippen molar-refractivity contribution in [2.24, 2.45) is 0 Å². The largest absolute Gasteiger partial charge is 0.310 e. The van der Waals surface area contributed by atoms with Gasteiger partial charge in [-0.1, -0.05) is 153 Å². The van der Waals surface area contributed by atoms with Gasteiger partial charge in [0.1, 0.15) is 0 Å². The molecule has 9 aromatic carbocycles. The van der Waals surface area contributed by atoms with E-state index in [1.54, 1.807) is 0 Å². The van der Waals surface area contributed by atoms with Crippen LogP contribution in [0.5, 0.6) is 0 Å². The summed E-state index contributed by atoms with van der Waals surface area (Å²) in [6.45, 7) is 4.71. The molecule has 278 valence electrons. The topological polar surface area (TPSA) is 21.1 Å². The average Bonchev–Trinajstić information content (AvgIpc) is 3.75. The minimum absolute atomic E-state index is 0.113. The molecule has 3 heteroatoms. The first-order valence-corrected chi connectivity index (χ1v) is 20.5. The standard InChI is InChI=1S/C56H39N3/c1-56(2)47-23-11-8-20-42(47)43-32-31-40(35-48(43)56)58(50-26-14-16-36-15-6-7-19-41(36)50)39-29-27-37(28-30-39)55-46-33-34-52-54(53(46)44-21-9-12-24-49(44)57-55)45-22-10-13-25-51(45)59(52)38-17-4-3-5-18-38/h3-35H,1-2H3. The van der Waals surface area contributed by atoms with Gasteiger partial charge in [0.2, 0.25) is 0 Å². The molecule has 0 unspecified atom stereocenters. The van der Waals surface area contributed by atoms with E-state index >= 15 is 0 Å². The van der Waals surface area contributed by atoms with E-state index in [2.05, 4.69) is 224 Å². The van der Waals surface area contributed by atoms with E-state index in [0.717, 1.165) is 50.3 Å². The van der Waals surface area contributed by atoms with Crippen LogP contribution in [0.3, 0.4) is 0 Å². The molecule has 0 fully saturated rings. The highest BCUT2D eigenvalue weighted by atomic mass is 15.1. The number of pyridine rings is 1. The van der Waals surface area contributed by atoms with Crippen LogP contribution in [0.2, 0.25) is 0 Å². The Morgan fingerprint density at radius 2 is 1.14 bits per heavy atom. The molecule has 0 atom stereocenters. The molecule has 0 bridgehead atoms. The van der Waals surface area contributed by atoms with E-state index in [1.807, 2.05) is 0 Å². The summed E-state index contributed by atoms with van der Waals surface area (Å²) < 4.78 is 2.40. The molecular weight excluding hydrogens is 715 g/mol. The van der Waals surface area contributed by atoms with Gasteiger partial charge < -0.3 is 9.47 Å². The molecule has 1 aliphatic carbocycles. The molecular formula is C56H39N3. The number of nitrogens with zero attached hydrogens (tertiary/aromatic N) is 3. The van der Waals surface area contributed by atoms with Gasteiger partial charge in [0.15, 0.2) is 0 Å². The fraction of sp³-hybridized carbons (Fsp3) is 0.0536. The number of anilines is 3. The Kier molecular flexibility index (Phi) is 7.27. The Morgan fingerprint density at radius 1 is 0.458 bits per heavy atom. The van der Waals surface area contributed by atoms with Gasteiger partial charge in [-0.05, 0) is 88.3 Å². The summed E-state index contributed by atoms with van der Waals surface area (Å²) in [5.41, 5.74) is 15.2. The van der Waals surface area contributed by atoms with Gasteiger partial charge in [-0.3, -0.25) is 0 Å². The summed E-state index contributed by atoms with van der Waals surface area (Å²) in [6, 6.07) is 72.9. The minimum Gasteiger partial charge on any atom is -0.310 e. The lowest BCUT2D eigenvalue weighted by Gasteiger charge is -2.29. The van der Waals surface area contributed by atoms with Crippen molar-refractivity contribution in [1.29, 1.82) is 0 Å². The lowest BCUT2D eigenvalue weighted by Crippen LogP contribution is -2.16. The molecule has 3 nitrogen and oxygen atoms in total. The lowest BCUT2D eigenvalue weighted by atomic mass is 9.82. The number of rotatable bonds is 5. The summed E-state index contributed by atoms with van der Waals surface area (Å²) in [4.78, 5) is 7.84. The average molecular weight is 754 g/mol. The van der Waals surface area contributed by atoms with Crippen LogP contribution >= 0.6 is 0 Å². The van der Waals surface area contributed by atoms with E-state index in [1.165, 1.54) is 60.2 Å². The van der Waals surface area contributed by atoms with E-state index in [9.17, 15) is 0 Å². The molecule has 12 rings (SSSR count). The van der Waals surface area contributed by atoms with Crippen LogP contribution in [0.1, 0.15) is 25.0 Å². The molecule has 0 aliphatic heterocycles. The van der Waals surface area contributed by atoms with E-state index < -0.39 is 0 Å². The van der Waals surface area contributed by atoms with Crippen LogP contribution in [-0.2, 0) is 5.41 Å². The minimum atomic E-state index is -0.113. The molecule has 0 saturated heterocycles. The highest BCUT2D eigenvalue weighted by Crippen LogP contribution is 2.51. The summed E-state index contributed by atoms with van der Waals surface area (Å²) in [7, 11) is 0. The maximum atomic E-state index is 5.41. The van der Waals surface area contributed by atoms with E-state index in [4.69, 9.17) is 4.98 Å². The third-order valence-electron chi connectivity index (χ3n) is 12.7. The Labute approximate surface area is 343 Å². The lowest BCUT2D eigenvalue weighted by molar-refractivity contribution is 0.660. The Hall–Kier alpha value is -7.49. The van der Waals surface area contributed by atoms with Crippen molar-refractivity contribution in [2.75, 3.05) is 4.90 Å². The second kappa shape index (κ2) is 12.8. The molecule has 0 amide bonds. The Morgan fingerprint density at radius 3 is 2.00 bits per heavy atom. The first-order valence-electron chi connectivity index (χ1n) is 20.5. The van der Waals surface area contributed by atoms with Gasteiger partial charge in [0.05, 0.1) is 27.9 Å².